The summed E-state index contributed by atoms with van der Waals surface area (Å²) < 4.78 is 5.18. The van der Waals surface area contributed by atoms with Gasteiger partial charge in [0.1, 0.15) is 11.8 Å². The standard InChI is InChI=1S/C15H20ClN3O2/c1-4-15(5-2,9-18)19-14(20)11-7-12(16)10(8-17)6-13(11)21-3/h6-7H,4-5,9,18H2,1-3H3,(H,19,20). The first-order valence-electron chi connectivity index (χ1n) is 6.77. The number of nitriles is 1. The first kappa shape index (κ1) is 17.3. The molecule has 1 amide bonds. The van der Waals surface area contributed by atoms with E-state index in [0.29, 0.717) is 17.9 Å². The SMILES string of the molecule is CCC(CC)(CN)NC(=O)c1cc(Cl)c(C#N)cc1OC. The van der Waals surface area contributed by atoms with E-state index >= 15 is 0 Å². The van der Waals surface area contributed by atoms with Crippen LogP contribution in [0.15, 0.2) is 12.1 Å². The van der Waals surface area contributed by atoms with Gasteiger partial charge in [0.25, 0.3) is 5.91 Å². The molecule has 5 nitrogen and oxygen atoms in total. The fourth-order valence-electron chi connectivity index (χ4n) is 2.06. The highest BCUT2D eigenvalue weighted by Crippen LogP contribution is 2.27. The van der Waals surface area contributed by atoms with Gasteiger partial charge in [0.05, 0.1) is 28.8 Å². The molecule has 0 aliphatic rings. The number of methoxy groups -OCH3 is 1. The number of nitrogens with two attached hydrogens (primary N) is 1. The molecule has 21 heavy (non-hydrogen) atoms. The van der Waals surface area contributed by atoms with Crippen molar-refractivity contribution in [2.24, 2.45) is 5.73 Å². The van der Waals surface area contributed by atoms with Gasteiger partial charge in [-0.3, -0.25) is 4.79 Å². The molecule has 0 saturated heterocycles. The van der Waals surface area contributed by atoms with E-state index in [2.05, 4.69) is 5.32 Å². The van der Waals surface area contributed by atoms with Crippen LogP contribution >= 0.6 is 11.6 Å². The Bertz CT molecular complexity index is 555. The van der Waals surface area contributed by atoms with E-state index in [9.17, 15) is 4.79 Å². The van der Waals surface area contributed by atoms with E-state index in [1.165, 1.54) is 19.2 Å². The molecule has 0 unspecified atom stereocenters. The van der Waals surface area contributed by atoms with E-state index < -0.39 is 5.54 Å². The van der Waals surface area contributed by atoms with E-state index in [0.717, 1.165) is 12.8 Å². The van der Waals surface area contributed by atoms with Crippen LogP contribution in [-0.4, -0.2) is 25.1 Å². The number of carbonyl (C=O) groups excluding carboxylic acids is 1. The summed E-state index contributed by atoms with van der Waals surface area (Å²) in [5.41, 5.74) is 5.89. The molecule has 0 aliphatic heterocycles. The zero-order valence-corrected chi connectivity index (χ0v) is 13.3. The average molecular weight is 310 g/mol. The molecule has 1 aromatic carbocycles. The molecular formula is C15H20ClN3O2. The summed E-state index contributed by atoms with van der Waals surface area (Å²) in [4.78, 5) is 12.5. The number of ether oxygens (including phenoxy) is 1. The van der Waals surface area contributed by atoms with Crippen LogP contribution in [0.5, 0.6) is 5.75 Å². The third-order valence-corrected chi connectivity index (χ3v) is 4.09. The second-order valence-electron chi connectivity index (χ2n) is 4.79. The lowest BCUT2D eigenvalue weighted by Crippen LogP contribution is -2.52. The molecule has 0 heterocycles. The van der Waals surface area contributed by atoms with Crippen LogP contribution < -0.4 is 15.8 Å². The second-order valence-corrected chi connectivity index (χ2v) is 5.20. The predicted molar refractivity (Wildman–Crippen MR) is 82.6 cm³/mol. The normalized spacial score (nSPS) is 10.9. The highest BCUT2D eigenvalue weighted by molar-refractivity contribution is 6.32. The number of nitrogens with zero attached hydrogens (tertiary/aromatic N) is 1. The number of hydrogen-bond acceptors (Lipinski definition) is 4. The zero-order chi connectivity index (χ0) is 16.0. The maximum atomic E-state index is 12.5. The molecule has 0 atom stereocenters. The summed E-state index contributed by atoms with van der Waals surface area (Å²) in [5.74, 6) is -0.000956. The van der Waals surface area contributed by atoms with Crippen LogP contribution in [0.25, 0.3) is 0 Å². The minimum absolute atomic E-state index is 0.217. The minimum Gasteiger partial charge on any atom is -0.496 e. The summed E-state index contributed by atoms with van der Waals surface area (Å²) >= 11 is 5.99. The number of halogens is 1. The van der Waals surface area contributed by atoms with Gasteiger partial charge in [-0.2, -0.15) is 5.26 Å². The maximum absolute atomic E-state index is 12.5. The number of nitrogens with one attached hydrogen (secondary N) is 1. The van der Waals surface area contributed by atoms with Crippen LogP contribution in [0, 0.1) is 11.3 Å². The predicted octanol–water partition coefficient (Wildman–Crippen LogP) is 2.47. The Morgan fingerprint density at radius 2 is 2.10 bits per heavy atom. The van der Waals surface area contributed by atoms with Gasteiger partial charge in [-0.15, -0.1) is 0 Å². The molecule has 3 N–H and O–H groups in total. The fraction of sp³-hybridized carbons (Fsp3) is 0.467. The lowest BCUT2D eigenvalue weighted by molar-refractivity contribution is 0.0892. The molecular weight excluding hydrogens is 290 g/mol. The quantitative estimate of drug-likeness (QED) is 0.845. The van der Waals surface area contributed by atoms with Crippen molar-refractivity contribution in [1.29, 1.82) is 5.26 Å². The molecule has 1 aromatic rings. The smallest absolute Gasteiger partial charge is 0.255 e. The van der Waals surface area contributed by atoms with Crippen LogP contribution in [0.4, 0.5) is 0 Å². The largest absolute Gasteiger partial charge is 0.496 e. The highest BCUT2D eigenvalue weighted by Gasteiger charge is 2.28. The number of hydrogen-bond donors (Lipinski definition) is 2. The van der Waals surface area contributed by atoms with Gasteiger partial charge < -0.3 is 15.8 Å². The van der Waals surface area contributed by atoms with Crippen LogP contribution in [0.1, 0.15) is 42.6 Å². The highest BCUT2D eigenvalue weighted by atomic mass is 35.5. The molecule has 1 rings (SSSR count). The Balaban J connectivity index is 3.19. The van der Waals surface area contributed by atoms with Crippen molar-refractivity contribution >= 4 is 17.5 Å². The number of rotatable bonds is 6. The maximum Gasteiger partial charge on any atom is 0.255 e. The van der Waals surface area contributed by atoms with E-state index in [4.69, 9.17) is 27.3 Å². The Hall–Kier alpha value is -1.77. The molecule has 0 aliphatic carbocycles. The van der Waals surface area contributed by atoms with Crippen molar-refractivity contribution in [1.82, 2.24) is 5.32 Å². The summed E-state index contributed by atoms with van der Waals surface area (Å²) in [7, 11) is 1.44. The third-order valence-electron chi connectivity index (χ3n) is 3.78. The van der Waals surface area contributed by atoms with Crippen molar-refractivity contribution in [2.75, 3.05) is 13.7 Å². The van der Waals surface area contributed by atoms with Gasteiger partial charge in [0.2, 0.25) is 0 Å². The second kappa shape index (κ2) is 7.30. The van der Waals surface area contributed by atoms with E-state index in [1.54, 1.807) is 0 Å². The van der Waals surface area contributed by atoms with Gasteiger partial charge in [0, 0.05) is 12.6 Å². The summed E-state index contributed by atoms with van der Waals surface area (Å²) in [6.45, 7) is 4.29. The molecule has 0 fully saturated rings. The lowest BCUT2D eigenvalue weighted by atomic mass is 9.92. The first-order chi connectivity index (χ1) is 9.96. The topological polar surface area (TPSA) is 88.1 Å². The molecule has 0 radical (unpaired) electrons. The van der Waals surface area contributed by atoms with Gasteiger partial charge in [-0.25, -0.2) is 0 Å². The van der Waals surface area contributed by atoms with Gasteiger partial charge >= 0.3 is 0 Å². The average Bonchev–Trinajstić information content (AvgIpc) is 2.52. The zero-order valence-electron chi connectivity index (χ0n) is 12.5. The molecule has 0 saturated carbocycles. The minimum atomic E-state index is -0.456. The monoisotopic (exact) mass is 309 g/mol. The van der Waals surface area contributed by atoms with Crippen LogP contribution in [0.2, 0.25) is 5.02 Å². The Labute approximate surface area is 130 Å². The lowest BCUT2D eigenvalue weighted by Gasteiger charge is -2.31. The number of amides is 1. The molecule has 114 valence electrons. The molecule has 0 aromatic heterocycles. The first-order valence-corrected chi connectivity index (χ1v) is 7.14. The van der Waals surface area contributed by atoms with Gasteiger partial charge in [-0.05, 0) is 18.9 Å². The fourth-order valence-corrected chi connectivity index (χ4v) is 2.27. The summed E-state index contributed by atoms with van der Waals surface area (Å²) in [6.07, 6.45) is 1.44. The molecule has 0 bridgehead atoms. The number of carbonyl (C=O) groups is 1. The van der Waals surface area contributed by atoms with Gasteiger partial charge in [-0.1, -0.05) is 25.4 Å². The van der Waals surface area contributed by atoms with Crippen molar-refractivity contribution in [2.45, 2.75) is 32.2 Å². The Kier molecular flexibility index (Phi) is 6.01. The molecule has 0 spiro atoms. The molecule has 6 heteroatoms. The van der Waals surface area contributed by atoms with Crippen molar-refractivity contribution in [3.05, 3.63) is 28.3 Å². The third kappa shape index (κ3) is 3.66. The van der Waals surface area contributed by atoms with Gasteiger partial charge in [0.15, 0.2) is 0 Å². The Morgan fingerprint density at radius 1 is 1.48 bits per heavy atom. The van der Waals surface area contributed by atoms with Crippen LogP contribution in [-0.2, 0) is 0 Å². The number of benzene rings is 1. The van der Waals surface area contributed by atoms with Crippen molar-refractivity contribution in [3.63, 3.8) is 0 Å². The van der Waals surface area contributed by atoms with Crippen molar-refractivity contribution in [3.8, 4) is 11.8 Å². The van der Waals surface area contributed by atoms with Crippen molar-refractivity contribution < 1.29 is 9.53 Å². The van der Waals surface area contributed by atoms with E-state index in [1.807, 2.05) is 19.9 Å². The summed E-state index contributed by atoms with van der Waals surface area (Å²) in [6, 6.07) is 4.86. The van der Waals surface area contributed by atoms with E-state index in [-0.39, 0.29) is 16.5 Å². The summed E-state index contributed by atoms with van der Waals surface area (Å²) in [5, 5.41) is 12.1. The van der Waals surface area contributed by atoms with Crippen LogP contribution in [0.3, 0.4) is 0 Å². The Morgan fingerprint density at radius 3 is 2.52 bits per heavy atom.